The third-order valence-electron chi connectivity index (χ3n) is 4.56. The van der Waals surface area contributed by atoms with Crippen LogP contribution in [0.25, 0.3) is 0 Å². The van der Waals surface area contributed by atoms with E-state index in [0.717, 1.165) is 0 Å². The summed E-state index contributed by atoms with van der Waals surface area (Å²) in [7, 11) is 0. The number of hydrogen-bond donors (Lipinski definition) is 2. The number of carbonyl (C=O) groups is 3. The fourth-order valence-corrected chi connectivity index (χ4v) is 3.30. The monoisotopic (exact) mass is 447 g/mol. The molecule has 1 rings (SSSR count). The van der Waals surface area contributed by atoms with Gasteiger partial charge in [0.2, 0.25) is 11.8 Å². The third-order valence-corrected chi connectivity index (χ3v) is 4.56. The molecule has 0 spiro atoms. The summed E-state index contributed by atoms with van der Waals surface area (Å²) in [6, 6.07) is 7.24. The van der Waals surface area contributed by atoms with Crippen LogP contribution in [0, 0.1) is 5.92 Å². The molecule has 0 saturated heterocycles. The molecule has 7 heteroatoms. The van der Waals surface area contributed by atoms with E-state index in [2.05, 4.69) is 10.6 Å². The van der Waals surface area contributed by atoms with Gasteiger partial charge in [-0.15, -0.1) is 0 Å². The van der Waals surface area contributed by atoms with Gasteiger partial charge in [-0.2, -0.15) is 0 Å². The average molecular weight is 448 g/mol. The maximum atomic E-state index is 13.8. The molecule has 0 radical (unpaired) electrons. The maximum absolute atomic E-state index is 13.8. The van der Waals surface area contributed by atoms with Crippen LogP contribution in [0.1, 0.15) is 80.8 Å². The van der Waals surface area contributed by atoms with Gasteiger partial charge in [0.1, 0.15) is 17.7 Å². The Balaban J connectivity index is 3.40. The van der Waals surface area contributed by atoms with Crippen LogP contribution in [0.2, 0.25) is 0 Å². The molecule has 0 bridgehead atoms. The third kappa shape index (κ3) is 8.52. The van der Waals surface area contributed by atoms with Gasteiger partial charge in [0.25, 0.3) is 0 Å². The minimum absolute atomic E-state index is 0.210. The zero-order valence-electron chi connectivity index (χ0n) is 21.3. The summed E-state index contributed by atoms with van der Waals surface area (Å²) in [6.45, 7) is 18.4. The summed E-state index contributed by atoms with van der Waals surface area (Å²) in [6.07, 6.45) is -0.663. The minimum atomic E-state index is -0.846. The van der Waals surface area contributed by atoms with E-state index in [4.69, 9.17) is 4.74 Å². The first-order chi connectivity index (χ1) is 14.5. The lowest BCUT2D eigenvalue weighted by Crippen LogP contribution is -2.57. The molecule has 2 unspecified atom stereocenters. The van der Waals surface area contributed by atoms with Gasteiger partial charge in [-0.05, 0) is 66.9 Å². The van der Waals surface area contributed by atoms with Gasteiger partial charge in [0.05, 0.1) is 0 Å². The predicted octanol–water partition coefficient (Wildman–Crippen LogP) is 4.43. The van der Waals surface area contributed by atoms with Gasteiger partial charge < -0.3 is 20.3 Å². The highest BCUT2D eigenvalue weighted by molar-refractivity contribution is 5.92. The number of amides is 3. The maximum Gasteiger partial charge on any atom is 0.408 e. The SMILES string of the molecule is CC(C)C(NC(=O)OC(C)(C)C)C(=O)N(C(C)C)C(C(=O)NC(C)(C)C)c1ccccc1. The lowest BCUT2D eigenvalue weighted by molar-refractivity contribution is -0.146. The van der Waals surface area contributed by atoms with Crippen LogP contribution >= 0.6 is 0 Å². The van der Waals surface area contributed by atoms with Crippen molar-refractivity contribution in [2.75, 3.05) is 0 Å². The fourth-order valence-electron chi connectivity index (χ4n) is 3.30. The summed E-state index contributed by atoms with van der Waals surface area (Å²) in [5.74, 6) is -0.817. The highest BCUT2D eigenvalue weighted by Crippen LogP contribution is 2.26. The molecule has 0 aliphatic carbocycles. The molecule has 3 amide bonds. The molecule has 0 saturated carbocycles. The van der Waals surface area contributed by atoms with Crippen LogP contribution in [0.3, 0.4) is 0 Å². The lowest BCUT2D eigenvalue weighted by Gasteiger charge is -2.39. The molecule has 2 atom stereocenters. The van der Waals surface area contributed by atoms with Gasteiger partial charge in [0, 0.05) is 11.6 Å². The Morgan fingerprint density at radius 2 is 1.44 bits per heavy atom. The molecule has 7 nitrogen and oxygen atoms in total. The van der Waals surface area contributed by atoms with Crippen LogP contribution in [-0.4, -0.2) is 46.0 Å². The zero-order valence-corrected chi connectivity index (χ0v) is 21.3. The highest BCUT2D eigenvalue weighted by Gasteiger charge is 2.39. The molecule has 1 aromatic carbocycles. The molecule has 0 aliphatic heterocycles. The van der Waals surface area contributed by atoms with E-state index in [1.54, 1.807) is 25.7 Å². The van der Waals surface area contributed by atoms with Crippen LogP contribution in [0.5, 0.6) is 0 Å². The molecule has 2 N–H and O–H groups in total. The van der Waals surface area contributed by atoms with E-state index in [1.807, 2.05) is 78.8 Å². The van der Waals surface area contributed by atoms with Crippen LogP contribution < -0.4 is 10.6 Å². The Labute approximate surface area is 193 Å². The molecule has 1 aromatic rings. The van der Waals surface area contributed by atoms with E-state index < -0.39 is 29.3 Å². The number of hydrogen-bond acceptors (Lipinski definition) is 4. The fraction of sp³-hybridized carbons (Fsp3) is 0.640. The van der Waals surface area contributed by atoms with E-state index >= 15 is 0 Å². The lowest BCUT2D eigenvalue weighted by atomic mass is 9.96. The highest BCUT2D eigenvalue weighted by atomic mass is 16.6. The quantitative estimate of drug-likeness (QED) is 0.647. The molecule has 0 aliphatic rings. The smallest absolute Gasteiger partial charge is 0.408 e. The van der Waals surface area contributed by atoms with Crippen LogP contribution in [0.15, 0.2) is 30.3 Å². The second-order valence-corrected chi connectivity index (χ2v) is 10.8. The normalized spacial score (nSPS) is 14.0. The molecular weight excluding hydrogens is 406 g/mol. The first-order valence-corrected chi connectivity index (χ1v) is 11.2. The van der Waals surface area contributed by atoms with E-state index in [9.17, 15) is 14.4 Å². The Morgan fingerprint density at radius 1 is 0.906 bits per heavy atom. The number of benzene rings is 1. The molecule has 32 heavy (non-hydrogen) atoms. The second-order valence-electron chi connectivity index (χ2n) is 10.8. The Kier molecular flexibility index (Phi) is 9.30. The Morgan fingerprint density at radius 3 is 1.84 bits per heavy atom. The molecule has 0 fully saturated rings. The number of alkyl carbamates (subject to hydrolysis) is 1. The van der Waals surface area contributed by atoms with Crippen molar-refractivity contribution in [1.82, 2.24) is 15.5 Å². The van der Waals surface area contributed by atoms with Crippen molar-refractivity contribution < 1.29 is 19.1 Å². The van der Waals surface area contributed by atoms with Gasteiger partial charge in [-0.3, -0.25) is 9.59 Å². The van der Waals surface area contributed by atoms with Crippen molar-refractivity contribution in [3.05, 3.63) is 35.9 Å². The van der Waals surface area contributed by atoms with Crippen molar-refractivity contribution in [2.45, 2.75) is 98.5 Å². The van der Waals surface area contributed by atoms with Crippen molar-refractivity contribution in [2.24, 2.45) is 5.92 Å². The van der Waals surface area contributed by atoms with E-state index in [1.165, 1.54) is 0 Å². The van der Waals surface area contributed by atoms with Gasteiger partial charge in [-0.25, -0.2) is 4.79 Å². The second kappa shape index (κ2) is 10.8. The van der Waals surface area contributed by atoms with Crippen LogP contribution in [0.4, 0.5) is 4.79 Å². The van der Waals surface area contributed by atoms with Crippen molar-refractivity contribution >= 4 is 17.9 Å². The molecule has 0 heterocycles. The Hall–Kier alpha value is -2.57. The first kappa shape index (κ1) is 27.5. The standard InChI is InChI=1S/C25H41N3O4/c1-16(2)19(26-23(31)32-25(8,9)10)22(30)28(17(3)4)20(18-14-12-11-13-15-18)21(29)27-24(5,6)7/h11-17,19-20H,1-10H3,(H,26,31)(H,27,29). The number of carbonyl (C=O) groups excluding carboxylic acids is 3. The predicted molar refractivity (Wildman–Crippen MR) is 127 cm³/mol. The molecule has 0 aromatic heterocycles. The summed E-state index contributed by atoms with van der Waals surface area (Å²) >= 11 is 0. The van der Waals surface area contributed by atoms with Crippen LogP contribution in [-0.2, 0) is 14.3 Å². The van der Waals surface area contributed by atoms with Gasteiger partial charge in [0.15, 0.2) is 0 Å². The number of nitrogens with zero attached hydrogens (tertiary/aromatic N) is 1. The van der Waals surface area contributed by atoms with E-state index in [0.29, 0.717) is 5.56 Å². The van der Waals surface area contributed by atoms with E-state index in [-0.39, 0.29) is 23.8 Å². The van der Waals surface area contributed by atoms with Gasteiger partial charge >= 0.3 is 6.09 Å². The topological polar surface area (TPSA) is 87.7 Å². The number of nitrogens with one attached hydrogen (secondary N) is 2. The summed E-state index contributed by atoms with van der Waals surface area (Å²) < 4.78 is 5.37. The average Bonchev–Trinajstić information content (AvgIpc) is 2.60. The minimum Gasteiger partial charge on any atom is -0.444 e. The number of ether oxygens (including phenoxy) is 1. The molecule has 180 valence electrons. The van der Waals surface area contributed by atoms with Crippen molar-refractivity contribution in [3.63, 3.8) is 0 Å². The van der Waals surface area contributed by atoms with Gasteiger partial charge in [-0.1, -0.05) is 44.2 Å². The van der Waals surface area contributed by atoms with Crippen molar-refractivity contribution in [1.29, 1.82) is 0 Å². The summed E-state index contributed by atoms with van der Waals surface area (Å²) in [5, 5.41) is 5.72. The Bertz CT molecular complexity index is 777. The van der Waals surface area contributed by atoms with Crippen molar-refractivity contribution in [3.8, 4) is 0 Å². The molecular formula is C25H41N3O4. The largest absolute Gasteiger partial charge is 0.444 e. The zero-order chi connectivity index (χ0) is 24.9. The summed E-state index contributed by atoms with van der Waals surface area (Å²) in [5.41, 5.74) is -0.454. The summed E-state index contributed by atoms with van der Waals surface area (Å²) in [4.78, 5) is 41.2. The first-order valence-electron chi connectivity index (χ1n) is 11.2. The number of rotatable bonds is 7.